The highest BCUT2D eigenvalue weighted by molar-refractivity contribution is 7.92. The van der Waals surface area contributed by atoms with Crippen LogP contribution in [0.3, 0.4) is 0 Å². The van der Waals surface area contributed by atoms with Gasteiger partial charge in [-0.2, -0.15) is 0 Å². The maximum atomic E-state index is 14.3. The van der Waals surface area contributed by atoms with Crippen LogP contribution >= 0.6 is 11.6 Å². The molecule has 11 nitrogen and oxygen atoms in total. The minimum Gasteiger partial charge on any atom is -0.495 e. The Morgan fingerprint density at radius 1 is 1.07 bits per heavy atom. The molecule has 3 aromatic rings. The summed E-state index contributed by atoms with van der Waals surface area (Å²) in [5.74, 6) is -0.896. The minimum atomic E-state index is -4.61. The average molecular weight is 671 g/mol. The van der Waals surface area contributed by atoms with E-state index in [9.17, 15) is 28.1 Å². The first kappa shape index (κ1) is 34.7. The fourth-order valence-corrected chi connectivity index (χ4v) is 7.21. The van der Waals surface area contributed by atoms with E-state index in [0.29, 0.717) is 0 Å². The lowest BCUT2D eigenvalue weighted by Gasteiger charge is -2.33. The van der Waals surface area contributed by atoms with Crippen molar-refractivity contribution in [1.82, 2.24) is 10.2 Å². The Labute approximate surface area is 274 Å². The van der Waals surface area contributed by atoms with Crippen LogP contribution in [0.5, 0.6) is 5.75 Å². The lowest BCUT2D eigenvalue weighted by molar-refractivity contribution is -0.385. The summed E-state index contributed by atoms with van der Waals surface area (Å²) in [6, 6.07) is 14.4. The summed E-state index contributed by atoms with van der Waals surface area (Å²) in [4.78, 5) is 39.8. The molecular formula is C33H39ClN4O7S. The van der Waals surface area contributed by atoms with Gasteiger partial charge in [-0.3, -0.25) is 24.0 Å². The molecule has 0 bridgehead atoms. The van der Waals surface area contributed by atoms with Gasteiger partial charge in [0, 0.05) is 29.2 Å². The quantitative estimate of drug-likeness (QED) is 0.186. The Kier molecular flexibility index (Phi) is 11.3. The number of hydrogen-bond donors (Lipinski definition) is 1. The molecule has 1 saturated carbocycles. The van der Waals surface area contributed by atoms with Gasteiger partial charge in [0.05, 0.1) is 22.6 Å². The van der Waals surface area contributed by atoms with E-state index in [-0.39, 0.29) is 46.2 Å². The first-order valence-corrected chi connectivity index (χ1v) is 16.9. The second-order valence-corrected chi connectivity index (χ2v) is 13.9. The minimum absolute atomic E-state index is 0.00421. The number of rotatable bonds is 12. The molecule has 1 unspecified atom stereocenters. The summed E-state index contributed by atoms with van der Waals surface area (Å²) in [6.07, 6.45) is 4.84. The van der Waals surface area contributed by atoms with Gasteiger partial charge >= 0.3 is 0 Å². The number of carbonyl (C=O) groups excluding carboxylic acids is 2. The number of nitro benzene ring substituents is 1. The van der Waals surface area contributed by atoms with Crippen molar-refractivity contribution < 1.29 is 27.7 Å². The van der Waals surface area contributed by atoms with Crippen molar-refractivity contribution in [3.05, 3.63) is 92.5 Å². The number of nitrogens with one attached hydrogen (secondary N) is 1. The van der Waals surface area contributed by atoms with E-state index in [4.69, 9.17) is 16.3 Å². The van der Waals surface area contributed by atoms with Crippen molar-refractivity contribution in [3.8, 4) is 5.75 Å². The Morgan fingerprint density at radius 3 is 2.43 bits per heavy atom. The fourth-order valence-electron chi connectivity index (χ4n) is 5.60. The second-order valence-electron chi connectivity index (χ2n) is 11.6. The van der Waals surface area contributed by atoms with Gasteiger partial charge in [-0.15, -0.1) is 0 Å². The smallest absolute Gasteiger partial charge is 0.273 e. The molecular weight excluding hydrogens is 632 g/mol. The number of aryl methyl sites for hydroxylation is 2. The summed E-state index contributed by atoms with van der Waals surface area (Å²) in [7, 11) is -3.27. The second kappa shape index (κ2) is 15.0. The fraction of sp³-hybridized carbons (Fsp3) is 0.394. The number of nitro groups is 1. The lowest BCUT2D eigenvalue weighted by atomic mass is 9.95. The van der Waals surface area contributed by atoms with Crippen molar-refractivity contribution in [2.75, 3.05) is 18.0 Å². The molecule has 4 rings (SSSR count). The van der Waals surface area contributed by atoms with Crippen molar-refractivity contribution >= 4 is 44.8 Å². The molecule has 2 amide bonds. The summed E-state index contributed by atoms with van der Waals surface area (Å²) < 4.78 is 34.8. The maximum Gasteiger partial charge on any atom is 0.273 e. The number of carbonyl (C=O) groups is 2. The van der Waals surface area contributed by atoms with Crippen LogP contribution in [0.4, 0.5) is 11.4 Å². The molecule has 46 heavy (non-hydrogen) atoms. The Bertz CT molecular complexity index is 1710. The molecule has 1 N–H and O–H groups in total. The number of benzene rings is 3. The Hall–Kier alpha value is -4.16. The molecule has 246 valence electrons. The summed E-state index contributed by atoms with van der Waals surface area (Å²) in [5, 5.41) is 14.9. The van der Waals surface area contributed by atoms with Crippen molar-refractivity contribution in [1.29, 1.82) is 0 Å². The van der Waals surface area contributed by atoms with Gasteiger partial charge in [0.1, 0.15) is 18.3 Å². The number of anilines is 1. The highest BCUT2D eigenvalue weighted by Crippen LogP contribution is 2.36. The number of amides is 2. The first-order chi connectivity index (χ1) is 21.8. The number of ether oxygens (including phenoxy) is 1. The molecule has 0 aromatic heterocycles. The molecule has 0 aliphatic heterocycles. The van der Waals surface area contributed by atoms with Gasteiger partial charge in [0.15, 0.2) is 0 Å². The van der Waals surface area contributed by atoms with Crippen LogP contribution in [0.25, 0.3) is 0 Å². The van der Waals surface area contributed by atoms with Crippen LogP contribution in [0.2, 0.25) is 5.02 Å². The summed E-state index contributed by atoms with van der Waals surface area (Å²) >= 11 is 6.29. The third-order valence-corrected chi connectivity index (χ3v) is 10.2. The number of halogens is 1. The number of sulfonamides is 1. The molecule has 1 aliphatic carbocycles. The standard InChI is InChI=1S/C33H39ClN4O7S/c1-22-9-8-10-25(17-22)20-36(24(3)33(40)35-27-11-6-5-7-12-27)32(39)21-37(30-18-26(34)14-16-31(30)45-4)46(43,44)28-15-13-23(2)29(19-28)38(41)42/h8-10,13-19,24,27H,5-7,11-12,20-21H2,1-4H3,(H,35,40). The maximum absolute atomic E-state index is 14.3. The van der Waals surface area contributed by atoms with Crippen molar-refractivity contribution in [2.24, 2.45) is 0 Å². The topological polar surface area (TPSA) is 139 Å². The lowest BCUT2D eigenvalue weighted by Crippen LogP contribution is -2.53. The van der Waals surface area contributed by atoms with Crippen LogP contribution < -0.4 is 14.4 Å². The third kappa shape index (κ3) is 8.16. The highest BCUT2D eigenvalue weighted by atomic mass is 35.5. The first-order valence-electron chi connectivity index (χ1n) is 15.1. The molecule has 0 heterocycles. The van der Waals surface area contributed by atoms with Gasteiger partial charge in [-0.1, -0.05) is 66.8 Å². The molecule has 1 aliphatic rings. The van der Waals surface area contributed by atoms with Crippen LogP contribution in [-0.4, -0.2) is 55.8 Å². The van der Waals surface area contributed by atoms with Crippen LogP contribution in [-0.2, 0) is 26.2 Å². The van der Waals surface area contributed by atoms with Crippen LogP contribution in [0, 0.1) is 24.0 Å². The zero-order valence-corrected chi connectivity index (χ0v) is 27.9. The molecule has 0 spiro atoms. The average Bonchev–Trinajstić information content (AvgIpc) is 3.02. The summed E-state index contributed by atoms with van der Waals surface area (Å²) in [6.45, 7) is 4.33. The van der Waals surface area contributed by atoms with E-state index in [1.807, 2.05) is 31.2 Å². The predicted molar refractivity (Wildman–Crippen MR) is 177 cm³/mol. The van der Waals surface area contributed by atoms with Gasteiger partial charge in [-0.25, -0.2) is 8.42 Å². The molecule has 1 fully saturated rings. The van der Waals surface area contributed by atoms with Crippen LogP contribution in [0.1, 0.15) is 55.7 Å². The number of methoxy groups -OCH3 is 1. The third-order valence-electron chi connectivity index (χ3n) is 8.21. The zero-order valence-electron chi connectivity index (χ0n) is 26.4. The zero-order chi connectivity index (χ0) is 33.6. The Balaban J connectivity index is 1.78. The van der Waals surface area contributed by atoms with Gasteiger partial charge < -0.3 is 15.0 Å². The number of hydrogen-bond acceptors (Lipinski definition) is 7. The van der Waals surface area contributed by atoms with E-state index >= 15 is 0 Å². The van der Waals surface area contributed by atoms with E-state index in [0.717, 1.165) is 53.6 Å². The van der Waals surface area contributed by atoms with E-state index in [1.165, 1.54) is 49.3 Å². The van der Waals surface area contributed by atoms with Gasteiger partial charge in [0.25, 0.3) is 15.7 Å². The van der Waals surface area contributed by atoms with Crippen molar-refractivity contribution in [2.45, 2.75) is 76.4 Å². The van der Waals surface area contributed by atoms with E-state index in [1.54, 1.807) is 6.92 Å². The number of nitrogens with zero attached hydrogens (tertiary/aromatic N) is 3. The monoisotopic (exact) mass is 670 g/mol. The van der Waals surface area contributed by atoms with Crippen LogP contribution in [0.15, 0.2) is 65.6 Å². The molecule has 0 saturated heterocycles. The predicted octanol–water partition coefficient (Wildman–Crippen LogP) is 5.94. The normalized spacial score (nSPS) is 14.3. The van der Waals surface area contributed by atoms with Gasteiger partial charge in [0.2, 0.25) is 11.8 Å². The van der Waals surface area contributed by atoms with E-state index < -0.39 is 38.3 Å². The largest absolute Gasteiger partial charge is 0.495 e. The summed E-state index contributed by atoms with van der Waals surface area (Å²) in [5.41, 5.74) is 1.56. The van der Waals surface area contributed by atoms with E-state index in [2.05, 4.69) is 5.32 Å². The van der Waals surface area contributed by atoms with Gasteiger partial charge in [-0.05, 0) is 63.4 Å². The highest BCUT2D eigenvalue weighted by Gasteiger charge is 2.35. The Morgan fingerprint density at radius 2 is 1.78 bits per heavy atom. The molecule has 3 aromatic carbocycles. The molecule has 13 heteroatoms. The SMILES string of the molecule is COc1ccc(Cl)cc1N(CC(=O)N(Cc1cccc(C)c1)C(C)C(=O)NC1CCCCC1)S(=O)(=O)c1ccc(C)c([N+](=O)[O-])c1. The molecule has 1 atom stereocenters. The molecule has 0 radical (unpaired) electrons. The van der Waals surface area contributed by atoms with Crippen molar-refractivity contribution in [3.63, 3.8) is 0 Å².